The van der Waals surface area contributed by atoms with Gasteiger partial charge < -0.3 is 14.8 Å². The number of nitrogens with zero attached hydrogens (tertiary/aromatic N) is 2. The topological polar surface area (TPSA) is 39.3 Å². The molecule has 4 rings (SSSR count). The Morgan fingerprint density at radius 3 is 2.75 bits per heavy atom. The lowest BCUT2D eigenvalue weighted by Gasteiger charge is -2.28. The van der Waals surface area contributed by atoms with Crippen LogP contribution in [0.2, 0.25) is 5.02 Å². The van der Waals surface area contributed by atoms with Gasteiger partial charge in [-0.3, -0.25) is 4.79 Å². The summed E-state index contributed by atoms with van der Waals surface area (Å²) < 4.78 is 0. The van der Waals surface area contributed by atoms with Crippen LogP contribution in [-0.2, 0) is 4.79 Å². The second-order valence-electron chi connectivity index (χ2n) is 7.41. The molecule has 28 heavy (non-hydrogen) atoms. The Bertz CT molecular complexity index is 830. The van der Waals surface area contributed by atoms with Gasteiger partial charge in [0.2, 0.25) is 0 Å². The molecule has 4 nitrogen and oxygen atoms in total. The van der Waals surface area contributed by atoms with E-state index in [0.29, 0.717) is 5.02 Å². The largest absolute Gasteiger partial charge is 0.362 e. The number of aromatic nitrogens is 1. The van der Waals surface area contributed by atoms with Crippen LogP contribution in [0.1, 0.15) is 42.3 Å². The number of H-pyrrole nitrogens is 1. The lowest BCUT2D eigenvalue weighted by atomic mass is 10.1. The van der Waals surface area contributed by atoms with Gasteiger partial charge in [-0.1, -0.05) is 41.9 Å². The number of hydrogen-bond acceptors (Lipinski definition) is 3. The van der Waals surface area contributed by atoms with Crippen molar-refractivity contribution in [2.45, 2.75) is 31.1 Å². The molecule has 6 heteroatoms. The highest BCUT2D eigenvalue weighted by molar-refractivity contribution is 8.04. The lowest BCUT2D eigenvalue weighted by molar-refractivity contribution is -0.126. The molecule has 0 spiro atoms. The fraction of sp³-hybridized carbons (Fsp3) is 0.409. The summed E-state index contributed by atoms with van der Waals surface area (Å²) in [6.45, 7) is 4.21. The van der Waals surface area contributed by atoms with Crippen molar-refractivity contribution >= 4 is 35.3 Å². The summed E-state index contributed by atoms with van der Waals surface area (Å²) in [5, 5.41) is 0.689. The van der Waals surface area contributed by atoms with Crippen LogP contribution >= 0.6 is 23.4 Å². The number of amides is 1. The number of carbonyl (C=O) groups is 1. The van der Waals surface area contributed by atoms with Crippen molar-refractivity contribution in [1.82, 2.24) is 14.8 Å². The normalized spacial score (nSPS) is 22.3. The molecule has 148 valence electrons. The summed E-state index contributed by atoms with van der Waals surface area (Å²) in [6, 6.07) is 11.8. The zero-order valence-electron chi connectivity index (χ0n) is 15.9. The highest BCUT2D eigenvalue weighted by atomic mass is 35.5. The predicted molar refractivity (Wildman–Crippen MR) is 117 cm³/mol. The second kappa shape index (κ2) is 9.21. The molecule has 0 aliphatic carbocycles. The van der Waals surface area contributed by atoms with Crippen LogP contribution in [0.3, 0.4) is 0 Å². The van der Waals surface area contributed by atoms with Crippen molar-refractivity contribution in [3.8, 4) is 0 Å². The number of hydrogen-bond donors (Lipinski definition) is 1. The first-order chi connectivity index (χ1) is 13.7. The molecule has 0 saturated carbocycles. The third kappa shape index (κ3) is 4.65. The lowest BCUT2D eigenvalue weighted by Crippen LogP contribution is -2.34. The van der Waals surface area contributed by atoms with Crippen LogP contribution in [-0.4, -0.2) is 46.9 Å². The van der Waals surface area contributed by atoms with Crippen molar-refractivity contribution in [3.63, 3.8) is 0 Å². The Kier molecular flexibility index (Phi) is 6.45. The van der Waals surface area contributed by atoms with Gasteiger partial charge in [-0.15, -0.1) is 0 Å². The van der Waals surface area contributed by atoms with Gasteiger partial charge in [-0.05, 0) is 74.8 Å². The molecule has 1 N–H and O–H groups in total. The maximum absolute atomic E-state index is 13.2. The summed E-state index contributed by atoms with van der Waals surface area (Å²) >= 11 is 7.84. The number of nitrogens with one attached hydrogen (secondary N) is 1. The molecular formula is C22H26ClN3OS. The number of halogens is 1. The van der Waals surface area contributed by atoms with Crippen LogP contribution in [0.5, 0.6) is 0 Å². The number of piperidine rings is 1. The third-order valence-corrected chi connectivity index (χ3v) is 6.89. The zero-order chi connectivity index (χ0) is 19.3. The van der Waals surface area contributed by atoms with Gasteiger partial charge in [0.15, 0.2) is 0 Å². The molecule has 1 unspecified atom stereocenters. The minimum absolute atomic E-state index is 0.0197. The third-order valence-electron chi connectivity index (χ3n) is 5.36. The van der Waals surface area contributed by atoms with E-state index in [-0.39, 0.29) is 11.3 Å². The van der Waals surface area contributed by atoms with Crippen molar-refractivity contribution in [3.05, 3.63) is 63.8 Å². The quantitative estimate of drug-likeness (QED) is 0.662. The van der Waals surface area contributed by atoms with E-state index < -0.39 is 0 Å². The molecule has 0 radical (unpaired) electrons. The van der Waals surface area contributed by atoms with Crippen LogP contribution in [0, 0.1) is 0 Å². The van der Waals surface area contributed by atoms with E-state index >= 15 is 0 Å². The molecular weight excluding hydrogens is 390 g/mol. The monoisotopic (exact) mass is 415 g/mol. The van der Waals surface area contributed by atoms with Gasteiger partial charge in [-0.2, -0.15) is 0 Å². The molecule has 2 aliphatic heterocycles. The van der Waals surface area contributed by atoms with E-state index in [4.69, 9.17) is 11.6 Å². The number of carbonyl (C=O) groups excluding carboxylic acids is 1. The SMILES string of the molecule is O=C1C(=Cc2ccc[nH]2)SC(c2cccc(Cl)c2)N1CCCN1CCCCC1. The van der Waals surface area contributed by atoms with Gasteiger partial charge in [0.25, 0.3) is 5.91 Å². The first-order valence-corrected chi connectivity index (χ1v) is 11.3. The zero-order valence-corrected chi connectivity index (χ0v) is 17.5. The average Bonchev–Trinajstić information content (AvgIpc) is 3.32. The number of benzene rings is 1. The van der Waals surface area contributed by atoms with Gasteiger partial charge in [-0.25, -0.2) is 0 Å². The summed E-state index contributed by atoms with van der Waals surface area (Å²) in [4.78, 5) is 21.6. The number of aromatic amines is 1. The smallest absolute Gasteiger partial charge is 0.261 e. The van der Waals surface area contributed by atoms with Crippen molar-refractivity contribution < 1.29 is 4.79 Å². The summed E-state index contributed by atoms with van der Waals surface area (Å²) in [5.74, 6) is 0.114. The van der Waals surface area contributed by atoms with E-state index in [1.54, 1.807) is 11.8 Å². The van der Waals surface area contributed by atoms with Gasteiger partial charge in [0.05, 0.1) is 4.91 Å². The van der Waals surface area contributed by atoms with E-state index in [9.17, 15) is 4.79 Å². The minimum atomic E-state index is -0.0197. The van der Waals surface area contributed by atoms with Crippen molar-refractivity contribution in [2.24, 2.45) is 0 Å². The molecule has 1 amide bonds. The maximum Gasteiger partial charge on any atom is 0.261 e. The Labute approximate surface area is 175 Å². The Balaban J connectivity index is 1.50. The first kappa shape index (κ1) is 19.6. The molecule has 1 atom stereocenters. The van der Waals surface area contributed by atoms with Crippen LogP contribution in [0.25, 0.3) is 6.08 Å². The van der Waals surface area contributed by atoms with Gasteiger partial charge in [0.1, 0.15) is 5.37 Å². The Hall–Kier alpha value is -1.69. The van der Waals surface area contributed by atoms with Crippen LogP contribution < -0.4 is 0 Å². The van der Waals surface area contributed by atoms with Gasteiger partial charge in [0, 0.05) is 23.5 Å². The standard InChI is InChI=1S/C22H26ClN3OS/c23-18-8-4-7-17(15-18)22-26(14-6-13-25-11-2-1-3-12-25)21(27)20(28-22)16-19-9-5-10-24-19/h4-5,7-10,15-16,22,24H,1-3,6,11-14H2. The molecule has 2 aromatic rings. The molecule has 2 saturated heterocycles. The molecule has 2 fully saturated rings. The second-order valence-corrected chi connectivity index (χ2v) is 8.97. The van der Waals surface area contributed by atoms with Crippen molar-refractivity contribution in [2.75, 3.05) is 26.2 Å². The maximum atomic E-state index is 13.2. The first-order valence-electron chi connectivity index (χ1n) is 10.0. The molecule has 0 bridgehead atoms. The average molecular weight is 416 g/mol. The van der Waals surface area contributed by atoms with E-state index in [2.05, 4.69) is 16.0 Å². The highest BCUT2D eigenvalue weighted by Gasteiger charge is 2.37. The van der Waals surface area contributed by atoms with Crippen molar-refractivity contribution in [1.29, 1.82) is 0 Å². The number of thioether (sulfide) groups is 1. The fourth-order valence-corrected chi connectivity index (χ4v) is 5.39. The molecule has 3 heterocycles. The van der Waals surface area contributed by atoms with Gasteiger partial charge >= 0.3 is 0 Å². The predicted octanol–water partition coefficient (Wildman–Crippen LogP) is 5.16. The summed E-state index contributed by atoms with van der Waals surface area (Å²) in [5.41, 5.74) is 2.04. The Morgan fingerprint density at radius 2 is 2.00 bits per heavy atom. The van der Waals surface area contributed by atoms with E-state index in [1.165, 1.54) is 32.4 Å². The number of rotatable bonds is 6. The van der Waals surface area contributed by atoms with E-state index in [0.717, 1.165) is 35.7 Å². The van der Waals surface area contributed by atoms with E-state index in [1.807, 2.05) is 47.5 Å². The molecule has 1 aromatic carbocycles. The van der Waals surface area contributed by atoms with Crippen LogP contribution in [0.4, 0.5) is 0 Å². The summed E-state index contributed by atoms with van der Waals surface area (Å²) in [7, 11) is 0. The number of likely N-dealkylation sites (tertiary alicyclic amines) is 1. The van der Waals surface area contributed by atoms with Crippen LogP contribution in [0.15, 0.2) is 47.5 Å². The summed E-state index contributed by atoms with van der Waals surface area (Å²) in [6.07, 6.45) is 8.77. The molecule has 2 aliphatic rings. The Morgan fingerprint density at radius 1 is 1.14 bits per heavy atom. The molecule has 1 aromatic heterocycles. The minimum Gasteiger partial charge on any atom is -0.362 e. The fourth-order valence-electron chi connectivity index (χ4n) is 3.93. The highest BCUT2D eigenvalue weighted by Crippen LogP contribution is 2.46.